The van der Waals surface area contributed by atoms with Crippen molar-refractivity contribution in [2.45, 2.75) is 57.5 Å². The number of aryl methyl sites for hydroxylation is 1. The van der Waals surface area contributed by atoms with Gasteiger partial charge in [-0.25, -0.2) is 13.2 Å². The van der Waals surface area contributed by atoms with Crippen LogP contribution in [0.15, 0.2) is 6.07 Å². The van der Waals surface area contributed by atoms with Gasteiger partial charge in [0.25, 0.3) is 5.91 Å². The number of sulfone groups is 1. The Kier molecular flexibility index (Phi) is 5.05. The molecule has 1 amide bonds. The molecular weight excluding hydrogens is 386 g/mol. The number of ether oxygens (including phenoxy) is 1. The second kappa shape index (κ2) is 7.20. The first-order valence-electron chi connectivity index (χ1n) is 9.62. The highest BCUT2D eigenvalue weighted by Gasteiger charge is 2.42. The maximum atomic E-state index is 12.7. The number of carbonyl (C=O) groups is 2. The van der Waals surface area contributed by atoms with E-state index in [0.717, 1.165) is 32.1 Å². The van der Waals surface area contributed by atoms with Gasteiger partial charge in [-0.3, -0.25) is 4.79 Å². The lowest BCUT2D eigenvalue weighted by molar-refractivity contribution is -0.137. The molecule has 0 aromatic carbocycles. The Labute approximate surface area is 163 Å². The zero-order valence-corrected chi connectivity index (χ0v) is 17.1. The molecule has 6 nitrogen and oxygen atoms in total. The second-order valence-electron chi connectivity index (χ2n) is 8.07. The molecule has 0 unspecified atom stereocenters. The molecule has 1 saturated heterocycles. The van der Waals surface area contributed by atoms with Crippen LogP contribution in [0, 0.1) is 5.92 Å². The van der Waals surface area contributed by atoms with Gasteiger partial charge in [-0.1, -0.05) is 6.92 Å². The minimum Gasteiger partial charge on any atom is -0.451 e. The highest BCUT2D eigenvalue weighted by atomic mass is 32.2. The monoisotopic (exact) mass is 411 g/mol. The van der Waals surface area contributed by atoms with Crippen LogP contribution in [0.25, 0.3) is 0 Å². The summed E-state index contributed by atoms with van der Waals surface area (Å²) in [5.74, 6) is 0.0620. The molecule has 3 aliphatic rings. The Bertz CT molecular complexity index is 855. The van der Waals surface area contributed by atoms with Crippen LogP contribution in [0.5, 0.6) is 0 Å². The number of hydrogen-bond acceptors (Lipinski definition) is 6. The van der Waals surface area contributed by atoms with Gasteiger partial charge >= 0.3 is 5.97 Å². The van der Waals surface area contributed by atoms with Crippen molar-refractivity contribution in [3.05, 3.63) is 21.4 Å². The summed E-state index contributed by atoms with van der Waals surface area (Å²) in [6.07, 6.45) is 5.40. The molecule has 2 fully saturated rings. The summed E-state index contributed by atoms with van der Waals surface area (Å²) in [5, 5.41) is 0. The fraction of sp³-hybridized carbons (Fsp3) is 0.684. The van der Waals surface area contributed by atoms with Crippen molar-refractivity contribution < 1.29 is 22.7 Å². The summed E-state index contributed by atoms with van der Waals surface area (Å²) < 4.78 is 28.8. The molecule has 0 bridgehead atoms. The number of esters is 1. The van der Waals surface area contributed by atoms with Crippen LogP contribution >= 0.6 is 11.3 Å². The van der Waals surface area contributed by atoms with Gasteiger partial charge in [0.1, 0.15) is 4.88 Å². The van der Waals surface area contributed by atoms with Crippen LogP contribution in [0.3, 0.4) is 0 Å². The van der Waals surface area contributed by atoms with Crippen LogP contribution < -0.4 is 0 Å². The fourth-order valence-corrected chi connectivity index (χ4v) is 6.95. The van der Waals surface area contributed by atoms with Gasteiger partial charge in [-0.15, -0.1) is 11.3 Å². The molecular formula is C19H25NO5S2. The molecule has 2 atom stereocenters. The minimum absolute atomic E-state index is 0.0268. The number of amides is 1. The molecule has 1 aliphatic heterocycles. The van der Waals surface area contributed by atoms with Crippen LogP contribution in [0.4, 0.5) is 0 Å². The van der Waals surface area contributed by atoms with E-state index in [1.165, 1.54) is 21.8 Å². The number of rotatable bonds is 5. The quantitative estimate of drug-likeness (QED) is 0.694. The SMILES string of the molecule is C[C@@H]1CCc2sc(C(=O)OCC(=O)N(C3CC3)[C@H]3CCS(=O)(=O)C3)cc2C1. The number of carbonyl (C=O) groups excluding carboxylic acids is 2. The fourth-order valence-electron chi connectivity index (χ4n) is 4.13. The average molecular weight is 412 g/mol. The van der Waals surface area contributed by atoms with Gasteiger partial charge in [-0.05, 0) is 56.1 Å². The largest absolute Gasteiger partial charge is 0.451 e. The molecule has 2 heterocycles. The summed E-state index contributed by atoms with van der Waals surface area (Å²) in [7, 11) is -3.06. The summed E-state index contributed by atoms with van der Waals surface area (Å²) in [6, 6.07) is 1.74. The van der Waals surface area contributed by atoms with E-state index in [2.05, 4.69) is 6.92 Å². The van der Waals surface area contributed by atoms with Gasteiger partial charge in [-0.2, -0.15) is 0 Å². The number of nitrogens with zero attached hydrogens (tertiary/aromatic N) is 1. The number of fused-ring (bicyclic) bond motifs is 1. The molecule has 2 aliphatic carbocycles. The third kappa shape index (κ3) is 4.21. The molecule has 148 valence electrons. The average Bonchev–Trinajstić information content (AvgIpc) is 3.24. The Hall–Kier alpha value is -1.41. The van der Waals surface area contributed by atoms with Crippen molar-refractivity contribution in [3.8, 4) is 0 Å². The predicted octanol–water partition coefficient (Wildman–Crippen LogP) is 2.21. The maximum Gasteiger partial charge on any atom is 0.348 e. The lowest BCUT2D eigenvalue weighted by Gasteiger charge is -2.28. The van der Waals surface area contributed by atoms with Gasteiger partial charge in [0.05, 0.1) is 11.5 Å². The first kappa shape index (κ1) is 18.9. The molecule has 27 heavy (non-hydrogen) atoms. The molecule has 1 saturated carbocycles. The molecule has 1 aromatic rings. The van der Waals surface area contributed by atoms with E-state index in [0.29, 0.717) is 17.2 Å². The van der Waals surface area contributed by atoms with Crippen molar-refractivity contribution >= 4 is 33.1 Å². The lowest BCUT2D eigenvalue weighted by atomic mass is 9.90. The molecule has 0 radical (unpaired) electrons. The molecule has 4 rings (SSSR count). The zero-order valence-electron chi connectivity index (χ0n) is 15.5. The third-order valence-electron chi connectivity index (χ3n) is 5.69. The van der Waals surface area contributed by atoms with E-state index in [-0.39, 0.29) is 36.1 Å². The Morgan fingerprint density at radius 2 is 2.00 bits per heavy atom. The molecule has 1 aromatic heterocycles. The standard InChI is InChI=1S/C19H25NO5S2/c1-12-2-5-16-13(8-12)9-17(26-16)19(22)25-10-18(21)20(14-3-4-14)15-6-7-27(23,24)11-15/h9,12,14-15H,2-8,10-11H2,1H3/t12-,15+/m1/s1. The van der Waals surface area contributed by atoms with Gasteiger partial charge in [0, 0.05) is 17.0 Å². The first-order valence-corrected chi connectivity index (χ1v) is 12.3. The van der Waals surface area contributed by atoms with Crippen LogP contribution in [0.1, 0.15) is 52.7 Å². The Morgan fingerprint density at radius 1 is 1.22 bits per heavy atom. The van der Waals surface area contributed by atoms with Crippen molar-refractivity contribution in [1.29, 1.82) is 0 Å². The van der Waals surface area contributed by atoms with Crippen LogP contribution in [-0.2, 0) is 32.2 Å². The summed E-state index contributed by atoms with van der Waals surface area (Å²) in [4.78, 5) is 28.5. The van der Waals surface area contributed by atoms with Crippen molar-refractivity contribution in [3.63, 3.8) is 0 Å². The van der Waals surface area contributed by atoms with Crippen molar-refractivity contribution in [2.75, 3.05) is 18.1 Å². The van der Waals surface area contributed by atoms with E-state index in [1.54, 1.807) is 4.90 Å². The van der Waals surface area contributed by atoms with Crippen LogP contribution in [-0.4, -0.2) is 55.4 Å². The van der Waals surface area contributed by atoms with E-state index < -0.39 is 15.8 Å². The summed E-state index contributed by atoms with van der Waals surface area (Å²) >= 11 is 1.47. The van der Waals surface area contributed by atoms with E-state index in [1.807, 2.05) is 6.07 Å². The van der Waals surface area contributed by atoms with Gasteiger partial charge in [0.2, 0.25) is 0 Å². The van der Waals surface area contributed by atoms with Crippen LogP contribution in [0.2, 0.25) is 0 Å². The second-order valence-corrected chi connectivity index (χ2v) is 11.4. The zero-order chi connectivity index (χ0) is 19.2. The van der Waals surface area contributed by atoms with Crippen molar-refractivity contribution in [2.24, 2.45) is 5.92 Å². The third-order valence-corrected chi connectivity index (χ3v) is 8.65. The normalized spacial score (nSPS) is 26.4. The minimum atomic E-state index is -3.06. The smallest absolute Gasteiger partial charge is 0.348 e. The highest BCUT2D eigenvalue weighted by molar-refractivity contribution is 7.91. The maximum absolute atomic E-state index is 12.7. The Morgan fingerprint density at radius 3 is 2.67 bits per heavy atom. The van der Waals surface area contributed by atoms with Gasteiger partial charge < -0.3 is 9.64 Å². The lowest BCUT2D eigenvalue weighted by Crippen LogP contribution is -2.44. The number of thiophene rings is 1. The highest BCUT2D eigenvalue weighted by Crippen LogP contribution is 2.34. The van der Waals surface area contributed by atoms with E-state index in [4.69, 9.17) is 4.74 Å². The summed E-state index contributed by atoms with van der Waals surface area (Å²) in [6.45, 7) is 1.90. The molecule has 8 heteroatoms. The summed E-state index contributed by atoms with van der Waals surface area (Å²) in [5.41, 5.74) is 1.23. The van der Waals surface area contributed by atoms with Crippen molar-refractivity contribution in [1.82, 2.24) is 4.90 Å². The molecule has 0 N–H and O–H groups in total. The van der Waals surface area contributed by atoms with E-state index >= 15 is 0 Å². The van der Waals surface area contributed by atoms with Gasteiger partial charge in [0.15, 0.2) is 16.4 Å². The Balaban J connectivity index is 1.37. The predicted molar refractivity (Wildman–Crippen MR) is 103 cm³/mol. The molecule has 0 spiro atoms. The topological polar surface area (TPSA) is 80.8 Å². The first-order chi connectivity index (χ1) is 12.8. The van der Waals surface area contributed by atoms with E-state index in [9.17, 15) is 18.0 Å². The number of hydrogen-bond donors (Lipinski definition) is 0.